The first-order valence-corrected chi connectivity index (χ1v) is 6.22. The second kappa shape index (κ2) is 5.30. The molecular weight excluding hydrogens is 270 g/mol. The topological polar surface area (TPSA) is 54.0 Å². The lowest BCUT2D eigenvalue weighted by atomic mass is 10.2. The van der Waals surface area contributed by atoms with Gasteiger partial charge < -0.3 is 5.32 Å². The van der Waals surface area contributed by atoms with Crippen molar-refractivity contribution in [2.45, 2.75) is 31.7 Å². The molecule has 0 aromatic carbocycles. The van der Waals surface area contributed by atoms with Gasteiger partial charge >= 0.3 is 6.03 Å². The molecule has 1 fully saturated rings. The number of hydrogen-bond donors (Lipinski definition) is 2. The first-order valence-electron chi connectivity index (χ1n) is 5.43. The molecule has 1 aliphatic rings. The van der Waals surface area contributed by atoms with Crippen LogP contribution in [-0.4, -0.2) is 17.1 Å². The standard InChI is InChI=1S/C11H14BrN3O/c12-8-5-6-13-10(7-8)15-11(16)14-9-3-1-2-4-9/h5-7,9H,1-4H2,(H2,13,14,15,16). The summed E-state index contributed by atoms with van der Waals surface area (Å²) in [5.74, 6) is 0.560. The fourth-order valence-electron chi connectivity index (χ4n) is 1.88. The summed E-state index contributed by atoms with van der Waals surface area (Å²) in [5.41, 5.74) is 0. The monoisotopic (exact) mass is 283 g/mol. The number of aromatic nitrogens is 1. The van der Waals surface area contributed by atoms with Gasteiger partial charge in [0.05, 0.1) is 0 Å². The van der Waals surface area contributed by atoms with Gasteiger partial charge in [-0.05, 0) is 25.0 Å². The number of carbonyl (C=O) groups is 1. The Labute approximate surface area is 103 Å². The van der Waals surface area contributed by atoms with Crippen molar-refractivity contribution in [2.24, 2.45) is 0 Å². The van der Waals surface area contributed by atoms with E-state index in [9.17, 15) is 4.79 Å². The van der Waals surface area contributed by atoms with Crippen molar-refractivity contribution in [1.29, 1.82) is 0 Å². The molecule has 0 atom stereocenters. The van der Waals surface area contributed by atoms with Gasteiger partial charge in [-0.25, -0.2) is 9.78 Å². The van der Waals surface area contributed by atoms with E-state index in [2.05, 4.69) is 31.5 Å². The molecule has 86 valence electrons. The fourth-order valence-corrected chi connectivity index (χ4v) is 2.22. The second-order valence-electron chi connectivity index (χ2n) is 3.94. The van der Waals surface area contributed by atoms with Gasteiger partial charge in [-0.1, -0.05) is 28.8 Å². The highest BCUT2D eigenvalue weighted by atomic mass is 79.9. The first kappa shape index (κ1) is 11.4. The normalized spacial score (nSPS) is 16.1. The minimum Gasteiger partial charge on any atom is -0.335 e. The van der Waals surface area contributed by atoms with Crippen molar-refractivity contribution in [3.63, 3.8) is 0 Å². The maximum absolute atomic E-state index is 11.6. The van der Waals surface area contributed by atoms with Crippen LogP contribution in [0.25, 0.3) is 0 Å². The van der Waals surface area contributed by atoms with Crippen molar-refractivity contribution in [2.75, 3.05) is 5.32 Å². The third-order valence-corrected chi connectivity index (χ3v) is 3.15. The smallest absolute Gasteiger partial charge is 0.320 e. The molecule has 2 amide bonds. The lowest BCUT2D eigenvalue weighted by molar-refractivity contribution is 0.248. The number of pyridine rings is 1. The summed E-state index contributed by atoms with van der Waals surface area (Å²) in [6.07, 6.45) is 6.23. The van der Waals surface area contributed by atoms with Crippen LogP contribution in [0.5, 0.6) is 0 Å². The Hall–Kier alpha value is -1.10. The van der Waals surface area contributed by atoms with E-state index >= 15 is 0 Å². The summed E-state index contributed by atoms with van der Waals surface area (Å²) in [6.45, 7) is 0. The van der Waals surface area contributed by atoms with E-state index in [1.54, 1.807) is 12.3 Å². The zero-order valence-electron chi connectivity index (χ0n) is 8.87. The minimum atomic E-state index is -0.169. The third-order valence-electron chi connectivity index (χ3n) is 2.65. The van der Waals surface area contributed by atoms with Gasteiger partial charge in [0.25, 0.3) is 0 Å². The maximum atomic E-state index is 11.6. The average Bonchev–Trinajstić information content (AvgIpc) is 2.70. The summed E-state index contributed by atoms with van der Waals surface area (Å²) in [5, 5.41) is 5.66. The summed E-state index contributed by atoms with van der Waals surface area (Å²) in [4.78, 5) is 15.7. The molecule has 2 rings (SSSR count). The number of amides is 2. The van der Waals surface area contributed by atoms with Crippen LogP contribution in [0.2, 0.25) is 0 Å². The minimum absolute atomic E-state index is 0.169. The molecular formula is C11H14BrN3O. The van der Waals surface area contributed by atoms with Crippen LogP contribution in [0.15, 0.2) is 22.8 Å². The van der Waals surface area contributed by atoms with Gasteiger partial charge in [0, 0.05) is 16.7 Å². The number of nitrogens with zero attached hydrogens (tertiary/aromatic N) is 1. The Balaban J connectivity index is 1.86. The number of nitrogens with one attached hydrogen (secondary N) is 2. The molecule has 0 aliphatic heterocycles. The van der Waals surface area contributed by atoms with Crippen LogP contribution in [0.3, 0.4) is 0 Å². The number of urea groups is 1. The Morgan fingerprint density at radius 3 is 2.88 bits per heavy atom. The highest BCUT2D eigenvalue weighted by Crippen LogP contribution is 2.18. The predicted octanol–water partition coefficient (Wildman–Crippen LogP) is 2.91. The fraction of sp³-hybridized carbons (Fsp3) is 0.455. The first-order chi connectivity index (χ1) is 7.74. The molecule has 1 saturated carbocycles. The summed E-state index contributed by atoms with van der Waals surface area (Å²) >= 11 is 3.33. The molecule has 2 N–H and O–H groups in total. The van der Waals surface area contributed by atoms with Gasteiger partial charge in [0.1, 0.15) is 5.82 Å². The van der Waals surface area contributed by atoms with Crippen molar-refractivity contribution in [3.8, 4) is 0 Å². The summed E-state index contributed by atoms with van der Waals surface area (Å²) < 4.78 is 0.902. The molecule has 1 aromatic rings. The molecule has 0 bridgehead atoms. The van der Waals surface area contributed by atoms with E-state index in [1.807, 2.05) is 6.07 Å². The second-order valence-corrected chi connectivity index (χ2v) is 4.85. The Kier molecular flexibility index (Phi) is 3.77. The average molecular weight is 284 g/mol. The van der Waals surface area contributed by atoms with Crippen LogP contribution < -0.4 is 10.6 Å². The molecule has 5 heteroatoms. The number of carbonyl (C=O) groups excluding carboxylic acids is 1. The summed E-state index contributed by atoms with van der Waals surface area (Å²) in [7, 11) is 0. The van der Waals surface area contributed by atoms with E-state index in [1.165, 1.54) is 12.8 Å². The van der Waals surface area contributed by atoms with E-state index in [-0.39, 0.29) is 6.03 Å². The Bertz CT molecular complexity index is 377. The highest BCUT2D eigenvalue weighted by Gasteiger charge is 2.16. The largest absolute Gasteiger partial charge is 0.335 e. The Morgan fingerprint density at radius 2 is 2.19 bits per heavy atom. The van der Waals surface area contributed by atoms with Gasteiger partial charge in [-0.3, -0.25) is 5.32 Å². The van der Waals surface area contributed by atoms with E-state index in [0.717, 1.165) is 17.3 Å². The van der Waals surface area contributed by atoms with E-state index in [4.69, 9.17) is 0 Å². The van der Waals surface area contributed by atoms with Crippen molar-refractivity contribution < 1.29 is 4.79 Å². The lowest BCUT2D eigenvalue weighted by Gasteiger charge is -2.12. The quantitative estimate of drug-likeness (QED) is 0.877. The van der Waals surface area contributed by atoms with E-state index < -0.39 is 0 Å². The number of anilines is 1. The molecule has 1 aliphatic carbocycles. The molecule has 16 heavy (non-hydrogen) atoms. The molecule has 0 saturated heterocycles. The van der Waals surface area contributed by atoms with Crippen molar-refractivity contribution >= 4 is 27.8 Å². The third kappa shape index (κ3) is 3.20. The van der Waals surface area contributed by atoms with E-state index in [0.29, 0.717) is 11.9 Å². The zero-order chi connectivity index (χ0) is 11.4. The van der Waals surface area contributed by atoms with Crippen molar-refractivity contribution in [3.05, 3.63) is 22.8 Å². The van der Waals surface area contributed by atoms with Gasteiger partial charge in [0.15, 0.2) is 0 Å². The van der Waals surface area contributed by atoms with Gasteiger partial charge in [-0.15, -0.1) is 0 Å². The highest BCUT2D eigenvalue weighted by molar-refractivity contribution is 9.10. The summed E-state index contributed by atoms with van der Waals surface area (Å²) in [6, 6.07) is 3.75. The van der Waals surface area contributed by atoms with Crippen LogP contribution in [0.1, 0.15) is 25.7 Å². The molecule has 4 nitrogen and oxygen atoms in total. The van der Waals surface area contributed by atoms with Crippen LogP contribution >= 0.6 is 15.9 Å². The van der Waals surface area contributed by atoms with Gasteiger partial charge in [0.2, 0.25) is 0 Å². The Morgan fingerprint density at radius 1 is 1.44 bits per heavy atom. The SMILES string of the molecule is O=C(Nc1cc(Br)ccn1)NC1CCCC1. The lowest BCUT2D eigenvalue weighted by Crippen LogP contribution is -2.36. The maximum Gasteiger partial charge on any atom is 0.320 e. The number of rotatable bonds is 2. The molecule has 0 spiro atoms. The number of halogens is 1. The van der Waals surface area contributed by atoms with Crippen LogP contribution in [0.4, 0.5) is 10.6 Å². The molecule has 1 aromatic heterocycles. The number of hydrogen-bond acceptors (Lipinski definition) is 2. The van der Waals surface area contributed by atoms with Gasteiger partial charge in [-0.2, -0.15) is 0 Å². The van der Waals surface area contributed by atoms with Crippen LogP contribution in [-0.2, 0) is 0 Å². The molecule has 0 unspecified atom stereocenters. The molecule has 1 heterocycles. The molecule has 0 radical (unpaired) electrons. The van der Waals surface area contributed by atoms with Crippen molar-refractivity contribution in [1.82, 2.24) is 10.3 Å². The van der Waals surface area contributed by atoms with Crippen LogP contribution in [0, 0.1) is 0 Å². The zero-order valence-corrected chi connectivity index (χ0v) is 10.5. The predicted molar refractivity (Wildman–Crippen MR) is 66.3 cm³/mol.